The largest absolute Gasteiger partial charge is 0.437 e. The lowest BCUT2D eigenvalue weighted by Gasteiger charge is -2.36. The van der Waals surface area contributed by atoms with Gasteiger partial charge >= 0.3 is 0 Å². The molecule has 8 rings (SSSR count). The summed E-state index contributed by atoms with van der Waals surface area (Å²) in [6.45, 7) is 2.81. The summed E-state index contributed by atoms with van der Waals surface area (Å²) in [5.74, 6) is 11.2. The molecule has 1 aliphatic carbocycles. The smallest absolute Gasteiger partial charge is 0.252 e. The predicted molar refractivity (Wildman–Crippen MR) is 203 cm³/mol. The van der Waals surface area contributed by atoms with Crippen molar-refractivity contribution in [3.8, 4) is 35.4 Å². The maximum Gasteiger partial charge on any atom is 0.252 e. The Balaban J connectivity index is 1.15. The average Bonchev–Trinajstić information content (AvgIpc) is 3.89. The molecule has 0 amide bonds. The summed E-state index contributed by atoms with van der Waals surface area (Å²) in [7, 11) is 0. The highest BCUT2D eigenvalue weighted by atomic mass is 16.5. The minimum Gasteiger partial charge on any atom is -0.437 e. The number of nitrogens with one attached hydrogen (secondary N) is 1. The number of aliphatic hydroxyl groups is 2. The Labute approximate surface area is 312 Å². The number of nitrogens with two attached hydrogens (primary N) is 1. The number of aliphatic imine (C=N–C) groups is 2. The fraction of sp³-hybridized carbons (Fsp3) is 0.477. The number of hydrogen-bond acceptors (Lipinski definition) is 8. The zero-order valence-electron chi connectivity index (χ0n) is 30.5. The molecule has 6 aliphatic rings. The minimum atomic E-state index is -1.03. The summed E-state index contributed by atoms with van der Waals surface area (Å²) in [5, 5.41) is 22.3. The topological polar surface area (TPSA) is 131 Å². The van der Waals surface area contributed by atoms with Crippen LogP contribution in [-0.2, 0) is 24.1 Å². The van der Waals surface area contributed by atoms with Crippen LogP contribution in [-0.4, -0.2) is 47.3 Å². The highest BCUT2D eigenvalue weighted by Gasteiger charge is 2.51. The third-order valence-corrected chi connectivity index (χ3v) is 12.0. The molecule has 0 saturated heterocycles. The molecule has 6 atom stereocenters. The number of Topliss-reactive ketones (excluding diaryl/α,β-unsaturated/α-hetero) is 1. The van der Waals surface area contributed by atoms with Crippen LogP contribution in [0.5, 0.6) is 11.5 Å². The van der Waals surface area contributed by atoms with Crippen molar-refractivity contribution in [2.75, 3.05) is 6.54 Å². The Morgan fingerprint density at radius 1 is 1.11 bits per heavy atom. The standard InChI is InChI=1S/C44H48N4O5/c1-2-3-4-7-30(49)24-31(50)10-8-28-9-15-40-41(22-28)53-43-37(44(19-21-52-40)17-5-6-18-44)13-14-39(51)33-11-12-34-32(16-20-46-42(34)45)35(33)23-29-25-47-38-27-48(43)26-36(29)38/h9,11-12,15,20,22,25,27,30,37,39,42-43,49,51H,2-8,10,16-18,23-24,26,45H2,1H3/p+1. The zero-order valence-corrected chi connectivity index (χ0v) is 30.5. The molecule has 53 heavy (non-hydrogen) atoms. The predicted octanol–water partition coefficient (Wildman–Crippen LogP) is 4.75. The zero-order chi connectivity index (χ0) is 36.5. The first-order chi connectivity index (χ1) is 25.8. The number of benzene rings is 2. The fourth-order valence-corrected chi connectivity index (χ4v) is 9.01. The van der Waals surface area contributed by atoms with Crippen LogP contribution in [0.15, 0.2) is 63.4 Å². The first-order valence-electron chi connectivity index (χ1n) is 19.4. The number of quaternary nitrogens is 1. The second kappa shape index (κ2) is 15.1. The van der Waals surface area contributed by atoms with Gasteiger partial charge in [0.15, 0.2) is 11.5 Å². The summed E-state index contributed by atoms with van der Waals surface area (Å²) >= 11 is 0. The van der Waals surface area contributed by atoms with Crippen molar-refractivity contribution < 1.29 is 29.4 Å². The Hall–Kier alpha value is -4.51. The molecule has 5 N–H and O–H groups in total. The first kappa shape index (κ1) is 35.5. The van der Waals surface area contributed by atoms with Gasteiger partial charge in [-0.05, 0) is 71.2 Å². The van der Waals surface area contributed by atoms with Crippen molar-refractivity contribution in [2.24, 2.45) is 27.1 Å². The van der Waals surface area contributed by atoms with Crippen LogP contribution in [0.3, 0.4) is 0 Å². The third kappa shape index (κ3) is 7.12. The number of nitrogens with zero attached hydrogens (tertiary/aromatic N) is 2. The van der Waals surface area contributed by atoms with E-state index in [1.807, 2.05) is 42.8 Å². The number of ether oxygens (including phenoxy) is 2. The molecule has 1 saturated carbocycles. The van der Waals surface area contributed by atoms with Crippen molar-refractivity contribution in [1.29, 1.82) is 0 Å². The van der Waals surface area contributed by atoms with E-state index in [2.05, 4.69) is 42.0 Å². The molecule has 1 spiro atoms. The second-order valence-corrected chi connectivity index (χ2v) is 15.5. The van der Waals surface area contributed by atoms with Gasteiger partial charge < -0.3 is 25.4 Å². The Bertz CT molecular complexity index is 2030. The van der Waals surface area contributed by atoms with E-state index in [0.717, 1.165) is 88.9 Å². The summed E-state index contributed by atoms with van der Waals surface area (Å²) in [6.07, 6.45) is 16.3. The lowest BCUT2D eigenvalue weighted by molar-refractivity contribution is -0.891. The maximum absolute atomic E-state index is 12.8. The van der Waals surface area contributed by atoms with Crippen LogP contribution in [0.2, 0.25) is 0 Å². The summed E-state index contributed by atoms with van der Waals surface area (Å²) in [5.41, 5.74) is 14.0. The SMILES string of the molecule is CCCCCC(O)CC(=O)CCc1ccc2c(c1)OC1C(C#CC(O)c3ccc4c(c3CC3=C5C[NH+]1C=C5N=C3)CC=NC4N)C1(C#CO2)CCCC1. The molecule has 9 heteroatoms. The number of aliphatic hydroxyl groups excluding tert-OH is 2. The van der Waals surface area contributed by atoms with Gasteiger partial charge in [-0.2, -0.15) is 0 Å². The van der Waals surface area contributed by atoms with Crippen molar-refractivity contribution in [3.63, 3.8) is 0 Å². The minimum absolute atomic E-state index is 0.0549. The average molecular weight is 714 g/mol. The fourth-order valence-electron chi connectivity index (χ4n) is 9.01. The number of hydrogen-bond donors (Lipinski definition) is 4. The van der Waals surface area contributed by atoms with Gasteiger partial charge in [-0.15, -0.1) is 0 Å². The first-order valence-corrected chi connectivity index (χ1v) is 19.4. The number of fused-ring (bicyclic) bond motifs is 8. The van der Waals surface area contributed by atoms with Crippen LogP contribution < -0.4 is 20.1 Å². The van der Waals surface area contributed by atoms with Gasteiger partial charge in [0.1, 0.15) is 48.5 Å². The molecule has 0 aromatic heterocycles. The lowest BCUT2D eigenvalue weighted by atomic mass is 9.73. The molecular formula is C44H49N4O5+. The normalized spacial score (nSPS) is 26.3. The lowest BCUT2D eigenvalue weighted by Crippen LogP contribution is -3.12. The van der Waals surface area contributed by atoms with Gasteiger partial charge in [-0.25, -0.2) is 0 Å². The van der Waals surface area contributed by atoms with Crippen LogP contribution in [0.1, 0.15) is 111 Å². The molecule has 2 bridgehead atoms. The molecule has 2 aromatic rings. The quantitative estimate of drug-likeness (QED) is 0.219. The number of carbonyl (C=O) groups is 1. The summed E-state index contributed by atoms with van der Waals surface area (Å²) in [4.78, 5) is 23.3. The number of unbranched alkanes of at least 4 members (excludes halogenated alkanes) is 2. The van der Waals surface area contributed by atoms with Crippen molar-refractivity contribution in [2.45, 2.75) is 115 Å². The van der Waals surface area contributed by atoms with Crippen molar-refractivity contribution in [1.82, 2.24) is 0 Å². The van der Waals surface area contributed by atoms with Crippen LogP contribution in [0.25, 0.3) is 0 Å². The van der Waals surface area contributed by atoms with Gasteiger partial charge in [0.25, 0.3) is 6.23 Å². The number of allylic oxidation sites excluding steroid dienone is 1. The molecule has 5 aliphatic heterocycles. The van der Waals surface area contributed by atoms with E-state index in [9.17, 15) is 15.0 Å². The number of rotatable bonds is 9. The van der Waals surface area contributed by atoms with Gasteiger partial charge in [0, 0.05) is 43.7 Å². The number of carbonyl (C=O) groups excluding carboxylic acids is 1. The van der Waals surface area contributed by atoms with Crippen LogP contribution >= 0.6 is 0 Å². The summed E-state index contributed by atoms with van der Waals surface area (Å²) < 4.78 is 13.2. The number of aryl methyl sites for hydroxylation is 1. The monoisotopic (exact) mass is 713 g/mol. The van der Waals surface area contributed by atoms with Crippen LogP contribution in [0.4, 0.5) is 0 Å². The van der Waals surface area contributed by atoms with Gasteiger partial charge in [-0.1, -0.05) is 75.0 Å². The third-order valence-electron chi connectivity index (χ3n) is 12.0. The van der Waals surface area contributed by atoms with E-state index in [1.54, 1.807) is 0 Å². The van der Waals surface area contributed by atoms with E-state index in [-0.39, 0.29) is 18.1 Å². The summed E-state index contributed by atoms with van der Waals surface area (Å²) in [6, 6.07) is 9.75. The maximum atomic E-state index is 12.8. The molecule has 6 unspecified atom stereocenters. The molecule has 9 nitrogen and oxygen atoms in total. The molecule has 0 radical (unpaired) electrons. The highest BCUT2D eigenvalue weighted by molar-refractivity contribution is 5.87. The Morgan fingerprint density at radius 2 is 1.96 bits per heavy atom. The van der Waals surface area contributed by atoms with E-state index < -0.39 is 30.0 Å². The van der Waals surface area contributed by atoms with E-state index in [4.69, 9.17) is 20.2 Å². The Kier molecular flexibility index (Phi) is 10.1. The Morgan fingerprint density at radius 3 is 2.81 bits per heavy atom. The van der Waals surface area contributed by atoms with E-state index >= 15 is 0 Å². The molecule has 1 fully saturated rings. The highest BCUT2D eigenvalue weighted by Crippen LogP contribution is 2.47. The van der Waals surface area contributed by atoms with Gasteiger partial charge in [-0.3, -0.25) is 19.7 Å². The van der Waals surface area contributed by atoms with Gasteiger partial charge in [0.05, 0.1) is 11.5 Å². The van der Waals surface area contributed by atoms with Crippen molar-refractivity contribution >= 4 is 18.2 Å². The second-order valence-electron chi connectivity index (χ2n) is 15.5. The molecule has 274 valence electrons. The number of ketones is 1. The van der Waals surface area contributed by atoms with Gasteiger partial charge in [0.2, 0.25) is 0 Å². The van der Waals surface area contributed by atoms with E-state index in [1.165, 1.54) is 5.57 Å². The van der Waals surface area contributed by atoms with E-state index in [0.29, 0.717) is 50.1 Å². The van der Waals surface area contributed by atoms with Crippen LogP contribution in [0, 0.1) is 35.2 Å². The van der Waals surface area contributed by atoms with Crippen molar-refractivity contribution in [3.05, 3.63) is 81.2 Å². The molecule has 2 aromatic carbocycles. The molecule has 5 heterocycles. The molecular weight excluding hydrogens is 665 g/mol.